The minimum atomic E-state index is 0.531. The lowest BCUT2D eigenvalue weighted by Crippen LogP contribution is -2.02. The van der Waals surface area contributed by atoms with Gasteiger partial charge in [0, 0.05) is 52.9 Å². The molecule has 3 aromatic heterocycles. The Morgan fingerprint density at radius 3 is 2.68 bits per heavy atom. The Morgan fingerprint density at radius 2 is 1.89 bits per heavy atom. The summed E-state index contributed by atoms with van der Waals surface area (Å²) < 4.78 is 5.56. The van der Waals surface area contributed by atoms with Crippen molar-refractivity contribution in [1.82, 2.24) is 19.9 Å². The Balaban J connectivity index is 1.74. The molecule has 4 aromatic rings. The SMILES string of the molecule is CNc1cc(C)nc(Nc2ccc(OC)c(-c3cc4[nH]c(C)cc4cn3)c2)n1. The van der Waals surface area contributed by atoms with E-state index in [0.29, 0.717) is 5.95 Å². The van der Waals surface area contributed by atoms with E-state index >= 15 is 0 Å². The molecule has 7 heteroatoms. The number of nitrogens with one attached hydrogen (secondary N) is 3. The molecule has 3 heterocycles. The van der Waals surface area contributed by atoms with Crippen LogP contribution in [-0.2, 0) is 0 Å². The van der Waals surface area contributed by atoms with E-state index < -0.39 is 0 Å². The fourth-order valence-electron chi connectivity index (χ4n) is 3.19. The second kappa shape index (κ2) is 7.19. The number of aryl methyl sites for hydroxylation is 2. The van der Waals surface area contributed by atoms with Crippen molar-refractivity contribution in [2.24, 2.45) is 0 Å². The third-order valence-corrected chi connectivity index (χ3v) is 4.48. The molecule has 4 rings (SSSR count). The van der Waals surface area contributed by atoms with Gasteiger partial charge in [0.2, 0.25) is 5.95 Å². The van der Waals surface area contributed by atoms with Gasteiger partial charge in [-0.1, -0.05) is 0 Å². The summed E-state index contributed by atoms with van der Waals surface area (Å²) in [7, 11) is 3.49. The fraction of sp³-hybridized carbons (Fsp3) is 0.190. The van der Waals surface area contributed by atoms with Crippen molar-refractivity contribution in [3.63, 3.8) is 0 Å². The Morgan fingerprint density at radius 1 is 1.04 bits per heavy atom. The number of aromatic amines is 1. The van der Waals surface area contributed by atoms with Crippen LogP contribution in [0.3, 0.4) is 0 Å². The molecule has 0 fully saturated rings. The van der Waals surface area contributed by atoms with Crippen molar-refractivity contribution in [1.29, 1.82) is 0 Å². The standard InChI is InChI=1S/C21H22N6O/c1-12-7-14-11-23-18(10-17(14)24-12)16-9-15(5-6-19(16)28-4)26-21-25-13(2)8-20(22-3)27-21/h5-11,24H,1-4H3,(H2,22,25,26,27). The summed E-state index contributed by atoms with van der Waals surface area (Å²) in [4.78, 5) is 16.9. The zero-order chi connectivity index (χ0) is 19.7. The highest BCUT2D eigenvalue weighted by atomic mass is 16.5. The zero-order valence-electron chi connectivity index (χ0n) is 16.3. The minimum Gasteiger partial charge on any atom is -0.496 e. The summed E-state index contributed by atoms with van der Waals surface area (Å²) in [6, 6.07) is 11.8. The van der Waals surface area contributed by atoms with Crippen LogP contribution in [0.25, 0.3) is 22.2 Å². The zero-order valence-corrected chi connectivity index (χ0v) is 16.3. The highest BCUT2D eigenvalue weighted by molar-refractivity contribution is 5.85. The van der Waals surface area contributed by atoms with Gasteiger partial charge in [0.05, 0.1) is 12.8 Å². The maximum atomic E-state index is 5.56. The van der Waals surface area contributed by atoms with Crippen molar-refractivity contribution in [2.45, 2.75) is 13.8 Å². The molecule has 0 bridgehead atoms. The summed E-state index contributed by atoms with van der Waals surface area (Å²) in [5, 5.41) is 7.40. The first-order valence-electron chi connectivity index (χ1n) is 9.00. The summed E-state index contributed by atoms with van der Waals surface area (Å²) in [6.45, 7) is 3.97. The molecule has 0 saturated carbocycles. The molecule has 0 unspecified atom stereocenters. The first-order chi connectivity index (χ1) is 13.6. The number of nitrogens with zero attached hydrogens (tertiary/aromatic N) is 3. The van der Waals surface area contributed by atoms with Crippen LogP contribution in [0.1, 0.15) is 11.4 Å². The number of pyridine rings is 1. The highest BCUT2D eigenvalue weighted by Crippen LogP contribution is 2.33. The lowest BCUT2D eigenvalue weighted by molar-refractivity contribution is 0.416. The van der Waals surface area contributed by atoms with E-state index in [1.54, 1.807) is 7.11 Å². The minimum absolute atomic E-state index is 0.531. The number of fused-ring (bicyclic) bond motifs is 1. The highest BCUT2D eigenvalue weighted by Gasteiger charge is 2.11. The summed E-state index contributed by atoms with van der Waals surface area (Å²) >= 11 is 0. The number of anilines is 3. The van der Waals surface area contributed by atoms with Gasteiger partial charge in [-0.25, -0.2) is 4.98 Å². The van der Waals surface area contributed by atoms with Crippen molar-refractivity contribution < 1.29 is 4.74 Å². The van der Waals surface area contributed by atoms with Gasteiger partial charge < -0.3 is 20.4 Å². The molecule has 0 aliphatic heterocycles. The van der Waals surface area contributed by atoms with E-state index in [1.807, 2.05) is 57.4 Å². The average Bonchev–Trinajstić information content (AvgIpc) is 3.06. The Bertz CT molecular complexity index is 1150. The maximum Gasteiger partial charge on any atom is 0.229 e. The molecular weight excluding hydrogens is 352 g/mol. The number of hydrogen-bond donors (Lipinski definition) is 3. The van der Waals surface area contributed by atoms with Crippen LogP contribution in [0.2, 0.25) is 0 Å². The topological polar surface area (TPSA) is 87.8 Å². The molecule has 28 heavy (non-hydrogen) atoms. The van der Waals surface area contributed by atoms with Crippen LogP contribution in [0, 0.1) is 13.8 Å². The van der Waals surface area contributed by atoms with Gasteiger partial charge in [-0.2, -0.15) is 4.98 Å². The van der Waals surface area contributed by atoms with Gasteiger partial charge in [-0.15, -0.1) is 0 Å². The maximum absolute atomic E-state index is 5.56. The van der Waals surface area contributed by atoms with Gasteiger partial charge in [0.25, 0.3) is 0 Å². The largest absolute Gasteiger partial charge is 0.496 e. The lowest BCUT2D eigenvalue weighted by Gasteiger charge is -2.12. The second-order valence-electron chi connectivity index (χ2n) is 6.62. The molecule has 3 N–H and O–H groups in total. The van der Waals surface area contributed by atoms with Gasteiger partial charge >= 0.3 is 0 Å². The first kappa shape index (κ1) is 17.8. The monoisotopic (exact) mass is 374 g/mol. The number of ether oxygens (including phenoxy) is 1. The number of rotatable bonds is 5. The number of benzene rings is 1. The van der Waals surface area contributed by atoms with Gasteiger partial charge in [-0.05, 0) is 44.2 Å². The van der Waals surface area contributed by atoms with Crippen molar-refractivity contribution in [3.8, 4) is 17.0 Å². The normalized spacial score (nSPS) is 10.9. The van der Waals surface area contributed by atoms with E-state index in [9.17, 15) is 0 Å². The number of H-pyrrole nitrogens is 1. The predicted octanol–water partition coefficient (Wildman–Crippen LogP) is 4.43. The summed E-state index contributed by atoms with van der Waals surface area (Å²) in [5.41, 5.74) is 5.61. The van der Waals surface area contributed by atoms with Crippen LogP contribution in [0.4, 0.5) is 17.5 Å². The molecule has 0 spiro atoms. The van der Waals surface area contributed by atoms with Crippen LogP contribution in [-0.4, -0.2) is 34.1 Å². The van der Waals surface area contributed by atoms with Crippen LogP contribution in [0.5, 0.6) is 5.75 Å². The van der Waals surface area contributed by atoms with Crippen LogP contribution in [0.15, 0.2) is 42.6 Å². The Hall–Kier alpha value is -3.61. The fourth-order valence-corrected chi connectivity index (χ4v) is 3.19. The molecule has 0 atom stereocenters. The molecular formula is C21H22N6O. The molecule has 0 radical (unpaired) electrons. The molecule has 7 nitrogen and oxygen atoms in total. The predicted molar refractivity (Wildman–Crippen MR) is 112 cm³/mol. The van der Waals surface area contributed by atoms with E-state index in [0.717, 1.165) is 50.8 Å². The quantitative estimate of drug-likeness (QED) is 0.479. The van der Waals surface area contributed by atoms with Gasteiger partial charge in [-0.3, -0.25) is 4.98 Å². The molecule has 1 aromatic carbocycles. The smallest absolute Gasteiger partial charge is 0.229 e. The van der Waals surface area contributed by atoms with E-state index in [2.05, 4.69) is 36.6 Å². The molecule has 0 aliphatic rings. The first-order valence-corrected chi connectivity index (χ1v) is 9.00. The number of aromatic nitrogens is 4. The van der Waals surface area contributed by atoms with Crippen molar-refractivity contribution in [3.05, 3.63) is 54.0 Å². The molecule has 142 valence electrons. The van der Waals surface area contributed by atoms with Crippen molar-refractivity contribution in [2.75, 3.05) is 24.8 Å². The van der Waals surface area contributed by atoms with Crippen molar-refractivity contribution >= 4 is 28.4 Å². The van der Waals surface area contributed by atoms with E-state index in [-0.39, 0.29) is 0 Å². The van der Waals surface area contributed by atoms with Gasteiger partial charge in [0.1, 0.15) is 11.6 Å². The summed E-state index contributed by atoms with van der Waals surface area (Å²) in [5.74, 6) is 2.04. The molecule has 0 saturated heterocycles. The Labute approximate surface area is 163 Å². The third kappa shape index (κ3) is 3.46. The molecule has 0 aliphatic carbocycles. The average molecular weight is 374 g/mol. The number of hydrogen-bond acceptors (Lipinski definition) is 6. The number of methoxy groups -OCH3 is 1. The molecule has 0 amide bonds. The van der Waals surface area contributed by atoms with E-state index in [4.69, 9.17) is 4.74 Å². The van der Waals surface area contributed by atoms with Crippen LogP contribution < -0.4 is 15.4 Å². The van der Waals surface area contributed by atoms with Crippen LogP contribution >= 0.6 is 0 Å². The summed E-state index contributed by atoms with van der Waals surface area (Å²) in [6.07, 6.45) is 1.87. The van der Waals surface area contributed by atoms with E-state index in [1.165, 1.54) is 0 Å². The Kier molecular flexibility index (Phi) is 4.57. The second-order valence-corrected chi connectivity index (χ2v) is 6.62. The third-order valence-electron chi connectivity index (χ3n) is 4.48. The van der Waals surface area contributed by atoms with Gasteiger partial charge in [0.15, 0.2) is 0 Å². The lowest BCUT2D eigenvalue weighted by atomic mass is 10.1.